The van der Waals surface area contributed by atoms with Crippen LogP contribution in [0.4, 0.5) is 5.69 Å². The maximum atomic E-state index is 13.3. The Balaban J connectivity index is 1.81. The van der Waals surface area contributed by atoms with Crippen LogP contribution in [0.5, 0.6) is 0 Å². The number of aliphatic hydroxyl groups is 1. The number of hydrogen-bond acceptors (Lipinski definition) is 6. The number of nitrogens with zero attached hydrogens (tertiary/aromatic N) is 2. The highest BCUT2D eigenvalue weighted by Crippen LogP contribution is 2.41. The van der Waals surface area contributed by atoms with E-state index in [4.69, 9.17) is 0 Å². The molecule has 1 N–H and O–H groups in total. The van der Waals surface area contributed by atoms with Crippen molar-refractivity contribution in [1.29, 1.82) is 0 Å². The van der Waals surface area contributed by atoms with Crippen molar-refractivity contribution in [2.24, 2.45) is 0 Å². The Morgan fingerprint density at radius 1 is 1.06 bits per heavy atom. The molecule has 9 heteroatoms. The van der Waals surface area contributed by atoms with Crippen molar-refractivity contribution in [3.8, 4) is 0 Å². The molecule has 0 spiro atoms. The number of thiophene rings is 1. The average Bonchev–Trinajstić information content (AvgIpc) is 3.28. The lowest BCUT2D eigenvalue weighted by Gasteiger charge is -2.40. The molecule has 2 aromatic carbocycles. The molecule has 1 aliphatic rings. The topological polar surface area (TPSA) is 101 Å². The molecule has 0 unspecified atom stereocenters. The standard InChI is InChI=1S/C22H20N2O5S2/c1-22(25)15-23(31(28,29)19-9-7-18(8-10-19)24(26)27)13-20(17-11-12-30-14-17)21(22)16-5-3-2-4-6-16/h2-12,14,25H,13,15H2,1H3/t22-/m0/s1. The second-order valence-electron chi connectivity index (χ2n) is 7.53. The first-order valence-corrected chi connectivity index (χ1v) is 11.9. The monoisotopic (exact) mass is 456 g/mol. The Kier molecular flexibility index (Phi) is 5.52. The van der Waals surface area contributed by atoms with Crippen LogP contribution in [-0.4, -0.2) is 41.4 Å². The van der Waals surface area contributed by atoms with Crippen LogP contribution in [0.1, 0.15) is 18.1 Å². The van der Waals surface area contributed by atoms with Gasteiger partial charge in [0.05, 0.1) is 9.82 Å². The lowest BCUT2D eigenvalue weighted by Crippen LogP contribution is -2.49. The molecule has 7 nitrogen and oxygen atoms in total. The second kappa shape index (κ2) is 8.01. The quantitative estimate of drug-likeness (QED) is 0.462. The average molecular weight is 457 g/mol. The first-order chi connectivity index (χ1) is 14.7. The summed E-state index contributed by atoms with van der Waals surface area (Å²) in [7, 11) is -3.99. The lowest BCUT2D eigenvalue weighted by molar-refractivity contribution is -0.384. The number of hydrogen-bond donors (Lipinski definition) is 1. The van der Waals surface area contributed by atoms with E-state index >= 15 is 0 Å². The summed E-state index contributed by atoms with van der Waals surface area (Å²) in [4.78, 5) is 10.3. The third-order valence-electron chi connectivity index (χ3n) is 5.28. The highest BCUT2D eigenvalue weighted by Gasteiger charge is 2.41. The fraction of sp³-hybridized carbons (Fsp3) is 0.182. The first-order valence-electron chi connectivity index (χ1n) is 9.49. The number of non-ortho nitro benzene ring substituents is 1. The smallest absolute Gasteiger partial charge is 0.269 e. The molecule has 0 bridgehead atoms. The zero-order chi connectivity index (χ0) is 22.2. The van der Waals surface area contributed by atoms with E-state index in [0.717, 1.165) is 16.7 Å². The third kappa shape index (κ3) is 4.05. The normalized spacial score (nSPS) is 20.1. The number of rotatable bonds is 5. The van der Waals surface area contributed by atoms with Crippen LogP contribution in [0.2, 0.25) is 0 Å². The fourth-order valence-corrected chi connectivity index (χ4v) is 6.05. The van der Waals surface area contributed by atoms with Crippen LogP contribution in [0.25, 0.3) is 11.1 Å². The summed E-state index contributed by atoms with van der Waals surface area (Å²) >= 11 is 1.49. The molecule has 160 valence electrons. The minimum absolute atomic E-state index is 0.0540. The Hall–Kier alpha value is -2.85. The molecule has 0 amide bonds. The summed E-state index contributed by atoms with van der Waals surface area (Å²) < 4.78 is 27.9. The minimum Gasteiger partial charge on any atom is -0.384 e. The molecule has 1 aliphatic heterocycles. The predicted octanol–water partition coefficient (Wildman–Crippen LogP) is 4.02. The SMILES string of the molecule is C[C@]1(O)CN(S(=O)(=O)c2ccc([N+](=O)[O-])cc2)CC(c2ccsc2)=C1c1ccccc1. The van der Waals surface area contributed by atoms with Gasteiger partial charge in [-0.25, -0.2) is 8.42 Å². The van der Waals surface area contributed by atoms with Gasteiger partial charge in [-0.3, -0.25) is 10.1 Å². The molecule has 0 saturated carbocycles. The van der Waals surface area contributed by atoms with Gasteiger partial charge in [0.15, 0.2) is 0 Å². The van der Waals surface area contributed by atoms with Gasteiger partial charge in [0, 0.05) is 25.2 Å². The molecule has 1 atom stereocenters. The van der Waals surface area contributed by atoms with Gasteiger partial charge in [-0.1, -0.05) is 30.3 Å². The van der Waals surface area contributed by atoms with Crippen molar-refractivity contribution >= 4 is 38.2 Å². The molecule has 1 aromatic heterocycles. The highest BCUT2D eigenvalue weighted by molar-refractivity contribution is 7.89. The maximum absolute atomic E-state index is 13.3. The molecule has 3 aromatic rings. The van der Waals surface area contributed by atoms with E-state index in [2.05, 4.69) is 0 Å². The van der Waals surface area contributed by atoms with Gasteiger partial charge < -0.3 is 5.11 Å². The van der Waals surface area contributed by atoms with Gasteiger partial charge in [-0.2, -0.15) is 15.6 Å². The van der Waals surface area contributed by atoms with Gasteiger partial charge in [-0.15, -0.1) is 0 Å². The van der Waals surface area contributed by atoms with Gasteiger partial charge in [-0.05, 0) is 58.2 Å². The van der Waals surface area contributed by atoms with E-state index in [9.17, 15) is 23.6 Å². The molecule has 0 fully saturated rings. The summed E-state index contributed by atoms with van der Waals surface area (Å²) in [5.74, 6) is 0. The molecule has 4 rings (SSSR count). The van der Waals surface area contributed by atoms with E-state index < -0.39 is 20.5 Å². The Bertz CT molecular complexity index is 1230. The van der Waals surface area contributed by atoms with Crippen molar-refractivity contribution in [2.45, 2.75) is 17.4 Å². The van der Waals surface area contributed by atoms with E-state index in [-0.39, 0.29) is 23.7 Å². The molecule has 0 aliphatic carbocycles. The highest BCUT2D eigenvalue weighted by atomic mass is 32.2. The summed E-state index contributed by atoms with van der Waals surface area (Å²) in [5, 5.41) is 26.1. The van der Waals surface area contributed by atoms with Crippen LogP contribution in [0, 0.1) is 10.1 Å². The van der Waals surface area contributed by atoms with Crippen molar-refractivity contribution < 1.29 is 18.4 Å². The van der Waals surface area contributed by atoms with Crippen LogP contribution in [0.3, 0.4) is 0 Å². The van der Waals surface area contributed by atoms with Crippen molar-refractivity contribution in [2.75, 3.05) is 13.1 Å². The molecule has 0 saturated heterocycles. The molecule has 31 heavy (non-hydrogen) atoms. The van der Waals surface area contributed by atoms with Gasteiger partial charge in [0.25, 0.3) is 5.69 Å². The zero-order valence-electron chi connectivity index (χ0n) is 16.6. The fourth-order valence-electron chi connectivity index (χ4n) is 3.88. The number of β-amino-alcohol motifs (C(OH)–C–C–N with tert-alkyl or cyclic N) is 1. The van der Waals surface area contributed by atoms with Crippen molar-refractivity contribution in [3.05, 3.63) is 92.7 Å². The largest absolute Gasteiger partial charge is 0.384 e. The van der Waals surface area contributed by atoms with Gasteiger partial charge >= 0.3 is 0 Å². The van der Waals surface area contributed by atoms with E-state index in [1.54, 1.807) is 6.92 Å². The summed E-state index contributed by atoms with van der Waals surface area (Å²) in [6.45, 7) is 1.56. The Morgan fingerprint density at radius 3 is 2.32 bits per heavy atom. The van der Waals surface area contributed by atoms with Crippen LogP contribution >= 0.6 is 11.3 Å². The molecular formula is C22H20N2O5S2. The number of sulfonamides is 1. The molecule has 0 radical (unpaired) electrons. The Morgan fingerprint density at radius 2 is 1.74 bits per heavy atom. The van der Waals surface area contributed by atoms with E-state index in [1.807, 2.05) is 47.2 Å². The first kappa shape index (κ1) is 21.4. The summed E-state index contributed by atoms with van der Waals surface area (Å²) in [6, 6.07) is 16.1. The van der Waals surface area contributed by atoms with Crippen LogP contribution in [0.15, 0.2) is 76.3 Å². The van der Waals surface area contributed by atoms with Gasteiger partial charge in [0.2, 0.25) is 10.0 Å². The second-order valence-corrected chi connectivity index (χ2v) is 10.2. The van der Waals surface area contributed by atoms with E-state index in [0.29, 0.717) is 5.57 Å². The number of nitro groups is 1. The molecular weight excluding hydrogens is 436 g/mol. The number of benzene rings is 2. The van der Waals surface area contributed by atoms with Crippen molar-refractivity contribution in [1.82, 2.24) is 4.31 Å². The van der Waals surface area contributed by atoms with Crippen LogP contribution < -0.4 is 0 Å². The van der Waals surface area contributed by atoms with Crippen molar-refractivity contribution in [3.63, 3.8) is 0 Å². The minimum atomic E-state index is -3.99. The number of nitro benzene ring substituents is 1. The zero-order valence-corrected chi connectivity index (χ0v) is 18.3. The maximum Gasteiger partial charge on any atom is 0.269 e. The lowest BCUT2D eigenvalue weighted by atomic mass is 9.81. The molecule has 2 heterocycles. The van der Waals surface area contributed by atoms with Gasteiger partial charge in [0.1, 0.15) is 5.60 Å². The predicted molar refractivity (Wildman–Crippen MR) is 120 cm³/mol. The Labute approximate surface area is 184 Å². The summed E-state index contributed by atoms with van der Waals surface area (Å²) in [6.07, 6.45) is 0. The van der Waals surface area contributed by atoms with E-state index in [1.165, 1.54) is 39.9 Å². The summed E-state index contributed by atoms with van der Waals surface area (Å²) in [5.41, 5.74) is 1.49. The van der Waals surface area contributed by atoms with Crippen LogP contribution in [-0.2, 0) is 10.0 Å². The third-order valence-corrected chi connectivity index (χ3v) is 7.77.